The third-order valence-corrected chi connectivity index (χ3v) is 4.52. The van der Waals surface area contributed by atoms with Crippen molar-refractivity contribution in [2.24, 2.45) is 0 Å². The Morgan fingerprint density at radius 1 is 1.03 bits per heavy atom. The molecule has 0 saturated heterocycles. The quantitative estimate of drug-likeness (QED) is 0.475. The predicted molar refractivity (Wildman–Crippen MR) is 109 cm³/mol. The zero-order valence-electron chi connectivity index (χ0n) is 15.6. The summed E-state index contributed by atoms with van der Waals surface area (Å²) < 4.78 is 11.0. The van der Waals surface area contributed by atoms with Crippen LogP contribution in [-0.2, 0) is 6.42 Å². The maximum absolute atomic E-state index is 12.7. The Bertz CT molecular complexity index is 1290. The topological polar surface area (TPSA) is 107 Å². The first-order valence-electron chi connectivity index (χ1n) is 9.23. The summed E-state index contributed by atoms with van der Waals surface area (Å²) in [4.78, 5) is 25.2. The minimum absolute atomic E-state index is 0.244. The van der Waals surface area contributed by atoms with Crippen LogP contribution < -0.4 is 5.32 Å². The molecule has 3 aromatic heterocycles. The summed E-state index contributed by atoms with van der Waals surface area (Å²) in [6.07, 6.45) is 5.06. The lowest BCUT2D eigenvalue weighted by atomic mass is 10.1. The third-order valence-electron chi connectivity index (χ3n) is 4.52. The molecular weight excluding hydrogens is 382 g/mol. The minimum atomic E-state index is -0.329. The van der Waals surface area contributed by atoms with Crippen LogP contribution in [0.25, 0.3) is 22.5 Å². The molecule has 3 heterocycles. The van der Waals surface area contributed by atoms with Crippen LogP contribution in [0.4, 0.5) is 5.69 Å². The van der Waals surface area contributed by atoms with Crippen LogP contribution in [0.5, 0.6) is 0 Å². The second-order valence-corrected chi connectivity index (χ2v) is 6.54. The van der Waals surface area contributed by atoms with Gasteiger partial charge in [0.05, 0.1) is 12.6 Å². The number of anilines is 1. The van der Waals surface area contributed by atoms with E-state index in [1.807, 2.05) is 48.5 Å². The van der Waals surface area contributed by atoms with Gasteiger partial charge < -0.3 is 14.3 Å². The van der Waals surface area contributed by atoms with Gasteiger partial charge >= 0.3 is 0 Å². The van der Waals surface area contributed by atoms with E-state index in [9.17, 15) is 4.79 Å². The first kappa shape index (κ1) is 17.7. The first-order chi connectivity index (χ1) is 14.8. The van der Waals surface area contributed by atoms with E-state index in [1.165, 1.54) is 0 Å². The lowest BCUT2D eigenvalue weighted by molar-refractivity contribution is 0.0998. The highest BCUT2D eigenvalue weighted by molar-refractivity contribution is 6.05. The highest BCUT2D eigenvalue weighted by atomic mass is 16.5. The van der Waals surface area contributed by atoms with Crippen LogP contribution in [0.1, 0.15) is 22.0 Å². The molecule has 0 aliphatic rings. The number of benzene rings is 2. The number of amides is 1. The van der Waals surface area contributed by atoms with Gasteiger partial charge in [-0.2, -0.15) is 4.98 Å². The van der Waals surface area contributed by atoms with Gasteiger partial charge in [-0.3, -0.25) is 9.78 Å². The molecule has 5 rings (SSSR count). The highest BCUT2D eigenvalue weighted by Gasteiger charge is 2.16. The van der Waals surface area contributed by atoms with Gasteiger partial charge in [0.1, 0.15) is 11.3 Å². The number of nitrogens with one attached hydrogen (secondary N) is 1. The Kier molecular flexibility index (Phi) is 4.49. The van der Waals surface area contributed by atoms with E-state index in [-0.39, 0.29) is 11.7 Å². The molecule has 2 aromatic carbocycles. The molecule has 5 aromatic rings. The summed E-state index contributed by atoms with van der Waals surface area (Å²) in [6.45, 7) is 0. The Hall–Kier alpha value is -4.33. The number of aromatic nitrogens is 4. The molecule has 30 heavy (non-hydrogen) atoms. The Labute approximate surface area is 170 Å². The average Bonchev–Trinajstić information content (AvgIpc) is 3.43. The van der Waals surface area contributed by atoms with E-state index in [4.69, 9.17) is 8.94 Å². The standard InChI is InChI=1S/C22H15N5O3/c28-22(19-11-15-6-2-4-8-18(15)29-19)25-16-7-3-1-5-14(16)12-20-26-21(27-30-20)17-13-23-9-10-24-17/h1-11,13H,12H2,(H,25,28). The summed E-state index contributed by atoms with van der Waals surface area (Å²) in [5.41, 5.74) is 2.66. The molecule has 0 aliphatic heterocycles. The summed E-state index contributed by atoms with van der Waals surface area (Å²) in [5, 5.41) is 7.73. The number of nitrogens with zero attached hydrogens (tertiary/aromatic N) is 4. The van der Waals surface area contributed by atoms with Gasteiger partial charge in [0.15, 0.2) is 5.76 Å². The molecule has 0 aliphatic carbocycles. The molecule has 0 fully saturated rings. The number of hydrogen-bond donors (Lipinski definition) is 1. The Morgan fingerprint density at radius 2 is 1.90 bits per heavy atom. The number of para-hydroxylation sites is 2. The zero-order valence-corrected chi connectivity index (χ0v) is 15.6. The fraction of sp³-hybridized carbons (Fsp3) is 0.0455. The SMILES string of the molecule is O=C(Nc1ccccc1Cc1nc(-c2cnccn2)no1)c1cc2ccccc2o1. The lowest BCUT2D eigenvalue weighted by Gasteiger charge is -2.08. The van der Waals surface area contributed by atoms with Crippen molar-refractivity contribution >= 4 is 22.6 Å². The number of furan rings is 1. The van der Waals surface area contributed by atoms with E-state index >= 15 is 0 Å². The van der Waals surface area contributed by atoms with Crippen LogP contribution in [0.2, 0.25) is 0 Å². The van der Waals surface area contributed by atoms with Gasteiger partial charge in [-0.25, -0.2) is 4.98 Å². The molecule has 1 N–H and O–H groups in total. The van der Waals surface area contributed by atoms with Crippen molar-refractivity contribution in [2.45, 2.75) is 6.42 Å². The van der Waals surface area contributed by atoms with Crippen molar-refractivity contribution in [2.75, 3.05) is 5.32 Å². The minimum Gasteiger partial charge on any atom is -0.451 e. The van der Waals surface area contributed by atoms with E-state index in [0.29, 0.717) is 35.1 Å². The van der Waals surface area contributed by atoms with Gasteiger partial charge in [0.25, 0.3) is 5.91 Å². The lowest BCUT2D eigenvalue weighted by Crippen LogP contribution is -2.12. The average molecular weight is 397 g/mol. The molecule has 146 valence electrons. The smallest absolute Gasteiger partial charge is 0.291 e. The third kappa shape index (κ3) is 3.53. The molecule has 0 atom stereocenters. The second-order valence-electron chi connectivity index (χ2n) is 6.54. The van der Waals surface area contributed by atoms with E-state index in [2.05, 4.69) is 25.4 Å². The van der Waals surface area contributed by atoms with Gasteiger partial charge in [0.2, 0.25) is 11.7 Å². The van der Waals surface area contributed by atoms with Crippen LogP contribution in [0.3, 0.4) is 0 Å². The summed E-state index contributed by atoms with van der Waals surface area (Å²) in [7, 11) is 0. The Balaban J connectivity index is 1.37. The number of carbonyl (C=O) groups excluding carboxylic acids is 1. The second kappa shape index (κ2) is 7.59. The Morgan fingerprint density at radius 3 is 2.77 bits per heavy atom. The van der Waals surface area contributed by atoms with Crippen LogP contribution in [0.15, 0.2) is 82.1 Å². The number of hydrogen-bond acceptors (Lipinski definition) is 7. The van der Waals surface area contributed by atoms with Crippen molar-refractivity contribution in [3.05, 3.63) is 90.4 Å². The predicted octanol–water partition coefficient (Wildman–Crippen LogP) is 4.12. The largest absolute Gasteiger partial charge is 0.451 e. The van der Waals surface area contributed by atoms with Crippen LogP contribution in [-0.4, -0.2) is 26.0 Å². The number of fused-ring (bicyclic) bond motifs is 1. The van der Waals surface area contributed by atoms with Crippen LogP contribution >= 0.6 is 0 Å². The maximum atomic E-state index is 12.7. The van der Waals surface area contributed by atoms with Gasteiger partial charge in [0, 0.05) is 23.5 Å². The van der Waals surface area contributed by atoms with Crippen LogP contribution in [0, 0.1) is 0 Å². The number of rotatable bonds is 5. The van der Waals surface area contributed by atoms with Gasteiger partial charge in [-0.15, -0.1) is 0 Å². The molecule has 0 bridgehead atoms. The summed E-state index contributed by atoms with van der Waals surface area (Å²) in [5.74, 6) is 0.682. The molecule has 0 saturated carbocycles. The highest BCUT2D eigenvalue weighted by Crippen LogP contribution is 2.23. The molecule has 0 radical (unpaired) electrons. The summed E-state index contributed by atoms with van der Waals surface area (Å²) >= 11 is 0. The van der Waals surface area contributed by atoms with Gasteiger partial charge in [-0.1, -0.05) is 41.6 Å². The van der Waals surface area contributed by atoms with Crippen molar-refractivity contribution in [3.8, 4) is 11.5 Å². The molecule has 1 amide bonds. The maximum Gasteiger partial charge on any atom is 0.291 e. The van der Waals surface area contributed by atoms with Gasteiger partial charge in [-0.05, 0) is 23.8 Å². The van der Waals surface area contributed by atoms with E-state index in [0.717, 1.165) is 10.9 Å². The first-order valence-corrected chi connectivity index (χ1v) is 9.23. The normalized spacial score (nSPS) is 10.9. The fourth-order valence-corrected chi connectivity index (χ4v) is 3.08. The molecular formula is C22H15N5O3. The molecule has 0 spiro atoms. The van der Waals surface area contributed by atoms with Crippen molar-refractivity contribution in [3.63, 3.8) is 0 Å². The molecule has 8 heteroatoms. The zero-order chi connectivity index (χ0) is 20.3. The number of carbonyl (C=O) groups is 1. The van der Waals surface area contributed by atoms with Crippen molar-refractivity contribution in [1.29, 1.82) is 0 Å². The molecule has 0 unspecified atom stereocenters. The summed E-state index contributed by atoms with van der Waals surface area (Å²) in [6, 6.07) is 16.6. The van der Waals surface area contributed by atoms with E-state index in [1.54, 1.807) is 24.7 Å². The monoisotopic (exact) mass is 397 g/mol. The van der Waals surface area contributed by atoms with Crippen molar-refractivity contribution in [1.82, 2.24) is 20.1 Å². The van der Waals surface area contributed by atoms with Crippen molar-refractivity contribution < 1.29 is 13.7 Å². The molecule has 8 nitrogen and oxygen atoms in total. The van der Waals surface area contributed by atoms with E-state index < -0.39 is 0 Å². The fourth-order valence-electron chi connectivity index (χ4n) is 3.08.